The van der Waals surface area contributed by atoms with Crippen LogP contribution in [0.25, 0.3) is 0 Å². The molecule has 1 N–H and O–H groups in total. The van der Waals surface area contributed by atoms with Gasteiger partial charge in [-0.25, -0.2) is 8.42 Å². The summed E-state index contributed by atoms with van der Waals surface area (Å²) in [4.78, 5) is 0. The minimum Gasteiger partial charge on any atom is -0.262 e. The molecule has 0 bridgehead atoms. The first kappa shape index (κ1) is 14.0. The third-order valence-corrected chi connectivity index (χ3v) is 6.34. The molecule has 0 amide bonds. The molecule has 0 spiro atoms. The second-order valence-electron chi connectivity index (χ2n) is 3.77. The van der Waals surface area contributed by atoms with E-state index in [1.807, 2.05) is 13.0 Å². The molecule has 0 aliphatic heterocycles. The predicted octanol–water partition coefficient (Wildman–Crippen LogP) is 2.22. The molecule has 2 aromatic heterocycles. The van der Waals surface area contributed by atoms with E-state index in [4.69, 9.17) is 5.26 Å². The number of anilines is 1. The van der Waals surface area contributed by atoms with Gasteiger partial charge in [0.15, 0.2) is 5.82 Å². The van der Waals surface area contributed by atoms with Crippen molar-refractivity contribution < 1.29 is 8.42 Å². The topological polar surface area (TPSA) is 87.8 Å². The van der Waals surface area contributed by atoms with Crippen molar-refractivity contribution in [2.75, 3.05) is 4.72 Å². The summed E-state index contributed by atoms with van der Waals surface area (Å²) >= 11 is 4.40. The van der Waals surface area contributed by atoms with Gasteiger partial charge >= 0.3 is 0 Å². The number of nitriles is 1. The fourth-order valence-corrected chi connectivity index (χ4v) is 4.72. The molecule has 2 aromatic rings. The molecule has 6 nitrogen and oxygen atoms in total. The zero-order valence-corrected chi connectivity index (χ0v) is 13.2. The van der Waals surface area contributed by atoms with Crippen molar-refractivity contribution in [2.24, 2.45) is 7.05 Å². The maximum Gasteiger partial charge on any atom is 0.272 e. The number of hydrogen-bond acceptors (Lipinski definition) is 5. The largest absolute Gasteiger partial charge is 0.272 e. The highest BCUT2D eigenvalue weighted by Crippen LogP contribution is 2.31. The van der Waals surface area contributed by atoms with E-state index in [1.165, 1.54) is 10.9 Å². The Balaban J connectivity index is 2.42. The fourth-order valence-electron chi connectivity index (χ4n) is 1.38. The number of aryl methyl sites for hydroxylation is 2. The van der Waals surface area contributed by atoms with E-state index in [-0.39, 0.29) is 15.6 Å². The molecule has 0 unspecified atom stereocenters. The highest BCUT2D eigenvalue weighted by Gasteiger charge is 2.21. The molecule has 0 atom stereocenters. The average molecular weight is 361 g/mol. The van der Waals surface area contributed by atoms with E-state index in [0.29, 0.717) is 0 Å². The van der Waals surface area contributed by atoms with Crippen molar-refractivity contribution in [3.8, 4) is 6.07 Å². The van der Waals surface area contributed by atoms with Gasteiger partial charge in [-0.1, -0.05) is 0 Å². The predicted molar refractivity (Wildman–Crippen MR) is 75.5 cm³/mol. The number of halogens is 1. The zero-order chi connectivity index (χ0) is 14.2. The Morgan fingerprint density at radius 1 is 1.58 bits per heavy atom. The lowest BCUT2D eigenvalue weighted by atomic mass is 10.4. The molecule has 0 saturated heterocycles. The van der Waals surface area contributed by atoms with Gasteiger partial charge in [0.1, 0.15) is 15.8 Å². The molecular formula is C10H9BrN4O2S2. The summed E-state index contributed by atoms with van der Waals surface area (Å²) in [5.74, 6) is 0.157. The van der Waals surface area contributed by atoms with E-state index in [2.05, 4.69) is 25.8 Å². The quantitative estimate of drug-likeness (QED) is 0.908. The molecule has 0 aromatic carbocycles. The zero-order valence-electron chi connectivity index (χ0n) is 10.0. The van der Waals surface area contributed by atoms with Crippen LogP contribution in [0.3, 0.4) is 0 Å². The van der Waals surface area contributed by atoms with Crippen LogP contribution in [0, 0.1) is 18.3 Å². The minimum atomic E-state index is -3.71. The van der Waals surface area contributed by atoms with Gasteiger partial charge in [0.05, 0.1) is 9.98 Å². The smallest absolute Gasteiger partial charge is 0.262 e. The van der Waals surface area contributed by atoms with Crippen LogP contribution < -0.4 is 4.72 Å². The first-order chi connectivity index (χ1) is 8.85. The Morgan fingerprint density at radius 3 is 2.79 bits per heavy atom. The van der Waals surface area contributed by atoms with E-state index >= 15 is 0 Å². The van der Waals surface area contributed by atoms with Gasteiger partial charge in [-0.2, -0.15) is 10.4 Å². The van der Waals surface area contributed by atoms with Gasteiger partial charge in [-0.05, 0) is 34.5 Å². The van der Waals surface area contributed by atoms with Crippen LogP contribution in [0.1, 0.15) is 11.1 Å². The Kier molecular flexibility index (Phi) is 3.66. The summed E-state index contributed by atoms with van der Waals surface area (Å²) in [5, 5.41) is 12.8. The van der Waals surface area contributed by atoms with Gasteiger partial charge < -0.3 is 0 Å². The van der Waals surface area contributed by atoms with Gasteiger partial charge in [-0.15, -0.1) is 11.3 Å². The first-order valence-corrected chi connectivity index (χ1v) is 8.15. The lowest BCUT2D eigenvalue weighted by Gasteiger charge is -2.06. The maximum absolute atomic E-state index is 12.2. The first-order valence-electron chi connectivity index (χ1n) is 5.06. The highest BCUT2D eigenvalue weighted by atomic mass is 79.9. The fraction of sp³-hybridized carbons (Fsp3) is 0.200. The summed E-state index contributed by atoms with van der Waals surface area (Å²) in [5.41, 5.74) is 1.02. The van der Waals surface area contributed by atoms with Gasteiger partial charge in [-0.3, -0.25) is 9.40 Å². The Morgan fingerprint density at radius 2 is 2.26 bits per heavy atom. The number of sulfonamides is 1. The normalized spacial score (nSPS) is 11.3. The van der Waals surface area contributed by atoms with Crippen LogP contribution in [0.2, 0.25) is 0 Å². The Labute approximate surface area is 122 Å². The number of aromatic nitrogens is 2. The molecule has 0 aliphatic rings. The number of nitrogens with one attached hydrogen (secondary N) is 1. The van der Waals surface area contributed by atoms with Gasteiger partial charge in [0.25, 0.3) is 10.0 Å². The van der Waals surface area contributed by atoms with E-state index in [0.717, 1.165) is 20.7 Å². The van der Waals surface area contributed by atoms with Gasteiger partial charge in [0.2, 0.25) is 0 Å². The van der Waals surface area contributed by atoms with Crippen LogP contribution in [0.15, 0.2) is 20.3 Å². The van der Waals surface area contributed by atoms with Gasteiger partial charge in [0, 0.05) is 7.05 Å². The maximum atomic E-state index is 12.2. The van der Waals surface area contributed by atoms with E-state index < -0.39 is 10.0 Å². The van der Waals surface area contributed by atoms with Crippen LogP contribution in [0.4, 0.5) is 5.82 Å². The molecule has 9 heteroatoms. The lowest BCUT2D eigenvalue weighted by Crippen LogP contribution is -2.15. The summed E-state index contributed by atoms with van der Waals surface area (Å²) in [6.07, 6.45) is 1.31. The minimum absolute atomic E-state index is 0.157. The van der Waals surface area contributed by atoms with Crippen LogP contribution in [0.5, 0.6) is 0 Å². The molecule has 0 radical (unpaired) electrons. The monoisotopic (exact) mass is 360 g/mol. The third kappa shape index (κ3) is 2.65. The van der Waals surface area contributed by atoms with Crippen molar-refractivity contribution in [3.63, 3.8) is 0 Å². The van der Waals surface area contributed by atoms with Crippen molar-refractivity contribution in [1.82, 2.24) is 9.78 Å². The summed E-state index contributed by atoms with van der Waals surface area (Å²) in [6, 6.07) is 3.46. The molecular weight excluding hydrogens is 352 g/mol. The van der Waals surface area contributed by atoms with Crippen molar-refractivity contribution in [2.45, 2.75) is 11.1 Å². The van der Waals surface area contributed by atoms with Crippen molar-refractivity contribution in [3.05, 3.63) is 27.2 Å². The second-order valence-corrected chi connectivity index (χ2v) is 8.05. The standard InChI is InChI=1S/C10H9BrN4O2S2/c1-6-3-8(18-9(6)11)19(16,17)14-10-7(4-12)5-13-15(10)2/h3,5,14H,1-2H3. The van der Waals surface area contributed by atoms with Crippen LogP contribution >= 0.6 is 27.3 Å². The Bertz CT molecular complexity index is 751. The SMILES string of the molecule is Cc1cc(S(=O)(=O)Nc2c(C#N)cnn2C)sc1Br. The third-order valence-electron chi connectivity index (χ3n) is 2.39. The second kappa shape index (κ2) is 4.96. The molecule has 19 heavy (non-hydrogen) atoms. The van der Waals surface area contributed by atoms with Crippen LogP contribution in [-0.2, 0) is 17.1 Å². The van der Waals surface area contributed by atoms with E-state index in [9.17, 15) is 8.42 Å². The molecule has 0 saturated carbocycles. The van der Waals surface area contributed by atoms with E-state index in [1.54, 1.807) is 13.1 Å². The van der Waals surface area contributed by atoms with Crippen molar-refractivity contribution in [1.29, 1.82) is 5.26 Å². The summed E-state index contributed by atoms with van der Waals surface area (Å²) in [7, 11) is -2.15. The number of nitrogens with zero attached hydrogens (tertiary/aromatic N) is 3. The van der Waals surface area contributed by atoms with Crippen LogP contribution in [-0.4, -0.2) is 18.2 Å². The molecule has 2 rings (SSSR count). The summed E-state index contributed by atoms with van der Waals surface area (Å²) in [6.45, 7) is 1.81. The highest BCUT2D eigenvalue weighted by molar-refractivity contribution is 9.11. The number of thiophene rings is 1. The Hall–Kier alpha value is -1.37. The lowest BCUT2D eigenvalue weighted by molar-refractivity contribution is 0.602. The number of rotatable bonds is 3. The molecule has 2 heterocycles. The average Bonchev–Trinajstić information content (AvgIpc) is 2.85. The molecule has 100 valence electrons. The number of hydrogen-bond donors (Lipinski definition) is 1. The summed E-state index contributed by atoms with van der Waals surface area (Å²) < 4.78 is 29.1. The molecule has 0 fully saturated rings. The van der Waals surface area contributed by atoms with Crippen molar-refractivity contribution >= 4 is 43.1 Å². The molecule has 0 aliphatic carbocycles.